The second kappa shape index (κ2) is 11.0. The zero-order chi connectivity index (χ0) is 27.7. The molecule has 0 fully saturated rings. The van der Waals surface area contributed by atoms with Crippen LogP contribution in [-0.4, -0.2) is 38.9 Å². The standard InChI is InChI=1S/C30H33N5O2S2/c1-19-8-6-10-23(20(19)2)35-29-26(28(33-35)30(3,4)5)27(22-11-13-38-17-22)39-18-25(37)34(29)16-24(36)32-15-21-9-7-12-31-14-21/h6-14,17,27H,15-16,18H2,1-5H3,(H,32,36)/t27-/m1/s1. The van der Waals surface area contributed by atoms with E-state index in [4.69, 9.17) is 5.10 Å². The van der Waals surface area contributed by atoms with Gasteiger partial charge in [0.05, 0.1) is 22.4 Å². The summed E-state index contributed by atoms with van der Waals surface area (Å²) in [5.74, 6) is 0.600. The Balaban J connectivity index is 1.66. The zero-order valence-corrected chi connectivity index (χ0v) is 24.5. The van der Waals surface area contributed by atoms with E-state index in [0.29, 0.717) is 12.4 Å². The lowest BCUT2D eigenvalue weighted by molar-refractivity contribution is -0.123. The van der Waals surface area contributed by atoms with Crippen LogP contribution in [0.25, 0.3) is 5.69 Å². The van der Waals surface area contributed by atoms with Gasteiger partial charge in [-0.15, -0.1) is 11.8 Å². The van der Waals surface area contributed by atoms with E-state index >= 15 is 0 Å². The lowest BCUT2D eigenvalue weighted by atomic mass is 9.87. The topological polar surface area (TPSA) is 80.1 Å². The van der Waals surface area contributed by atoms with Crippen LogP contribution in [0.5, 0.6) is 0 Å². The highest BCUT2D eigenvalue weighted by molar-refractivity contribution is 8.00. The van der Waals surface area contributed by atoms with Gasteiger partial charge in [-0.25, -0.2) is 4.68 Å². The smallest absolute Gasteiger partial charge is 0.240 e. The van der Waals surface area contributed by atoms with Crippen molar-refractivity contribution in [1.82, 2.24) is 20.1 Å². The maximum Gasteiger partial charge on any atom is 0.240 e. The second-order valence-electron chi connectivity index (χ2n) is 10.8. The van der Waals surface area contributed by atoms with Crippen molar-refractivity contribution in [3.8, 4) is 5.69 Å². The summed E-state index contributed by atoms with van der Waals surface area (Å²) in [6, 6.07) is 12.0. The molecule has 0 bridgehead atoms. The number of thioether (sulfide) groups is 1. The number of rotatable bonds is 6. The molecule has 7 nitrogen and oxygen atoms in total. The van der Waals surface area contributed by atoms with Gasteiger partial charge in [-0.1, -0.05) is 39.0 Å². The summed E-state index contributed by atoms with van der Waals surface area (Å²) in [5.41, 5.74) is 6.81. The van der Waals surface area contributed by atoms with Crippen LogP contribution in [0, 0.1) is 13.8 Å². The van der Waals surface area contributed by atoms with Crippen molar-refractivity contribution in [2.45, 2.75) is 51.8 Å². The number of pyridine rings is 1. The minimum absolute atomic E-state index is 0.0771. The molecule has 0 saturated heterocycles. The molecule has 5 rings (SSSR count). The first-order valence-corrected chi connectivity index (χ1v) is 14.9. The van der Waals surface area contributed by atoms with E-state index in [2.05, 4.69) is 67.8 Å². The average molecular weight is 560 g/mol. The number of aromatic nitrogens is 3. The van der Waals surface area contributed by atoms with Gasteiger partial charge in [-0.3, -0.25) is 19.5 Å². The molecule has 1 aromatic carbocycles. The van der Waals surface area contributed by atoms with Gasteiger partial charge in [0.2, 0.25) is 11.8 Å². The molecule has 9 heteroatoms. The van der Waals surface area contributed by atoms with Crippen molar-refractivity contribution >= 4 is 40.7 Å². The summed E-state index contributed by atoms with van der Waals surface area (Å²) in [5, 5.41) is 12.3. The van der Waals surface area contributed by atoms with Gasteiger partial charge in [0.15, 0.2) is 0 Å². The molecule has 39 heavy (non-hydrogen) atoms. The Morgan fingerprint density at radius 3 is 2.67 bits per heavy atom. The fraction of sp³-hybridized carbons (Fsp3) is 0.333. The first kappa shape index (κ1) is 27.1. The summed E-state index contributed by atoms with van der Waals surface area (Å²) in [6.07, 6.45) is 3.42. The average Bonchev–Trinajstić information content (AvgIpc) is 3.55. The van der Waals surface area contributed by atoms with Crippen LogP contribution in [0.2, 0.25) is 0 Å². The monoisotopic (exact) mass is 559 g/mol. The van der Waals surface area contributed by atoms with E-state index in [-0.39, 0.29) is 34.8 Å². The third-order valence-corrected chi connectivity index (χ3v) is 8.92. The Kier molecular flexibility index (Phi) is 7.64. The fourth-order valence-corrected chi connectivity index (χ4v) is 6.76. The maximum atomic E-state index is 13.8. The molecular formula is C30H33N5O2S2. The van der Waals surface area contributed by atoms with Gasteiger partial charge in [-0.2, -0.15) is 16.4 Å². The second-order valence-corrected chi connectivity index (χ2v) is 12.7. The fourth-order valence-electron chi connectivity index (χ4n) is 4.80. The highest BCUT2D eigenvalue weighted by Gasteiger charge is 2.40. The van der Waals surface area contributed by atoms with Crippen molar-refractivity contribution in [3.05, 3.63) is 93.1 Å². The summed E-state index contributed by atoms with van der Waals surface area (Å²) in [4.78, 5) is 32.8. The third-order valence-electron chi connectivity index (χ3n) is 6.96. The predicted molar refractivity (Wildman–Crippen MR) is 159 cm³/mol. The Morgan fingerprint density at radius 2 is 1.97 bits per heavy atom. The molecule has 2 amide bonds. The molecular weight excluding hydrogens is 526 g/mol. The molecule has 0 spiro atoms. The summed E-state index contributed by atoms with van der Waals surface area (Å²) in [6.45, 7) is 10.8. The van der Waals surface area contributed by atoms with Crippen molar-refractivity contribution in [2.75, 3.05) is 17.2 Å². The largest absolute Gasteiger partial charge is 0.350 e. The van der Waals surface area contributed by atoms with E-state index < -0.39 is 0 Å². The van der Waals surface area contributed by atoms with Crippen LogP contribution >= 0.6 is 23.1 Å². The molecule has 0 unspecified atom stereocenters. The Labute approximate surface area is 237 Å². The molecule has 0 aliphatic carbocycles. The van der Waals surface area contributed by atoms with E-state index in [0.717, 1.165) is 39.2 Å². The number of amides is 2. The zero-order valence-electron chi connectivity index (χ0n) is 22.9. The summed E-state index contributed by atoms with van der Waals surface area (Å²) >= 11 is 3.25. The number of aryl methyl sites for hydroxylation is 1. The molecule has 1 N–H and O–H groups in total. The number of hydrogen-bond donors (Lipinski definition) is 1. The van der Waals surface area contributed by atoms with Gasteiger partial charge in [0.25, 0.3) is 0 Å². The molecule has 1 atom stereocenters. The van der Waals surface area contributed by atoms with Gasteiger partial charge in [0, 0.05) is 29.9 Å². The lowest BCUT2D eigenvalue weighted by Crippen LogP contribution is -2.42. The van der Waals surface area contributed by atoms with E-state index in [1.54, 1.807) is 40.4 Å². The number of fused-ring (bicyclic) bond motifs is 1. The molecule has 4 aromatic rings. The number of thiophene rings is 1. The van der Waals surface area contributed by atoms with Gasteiger partial charge in [0.1, 0.15) is 12.4 Å². The number of anilines is 1. The maximum absolute atomic E-state index is 13.8. The van der Waals surface area contributed by atoms with Gasteiger partial charge >= 0.3 is 0 Å². The molecule has 1 aliphatic heterocycles. The van der Waals surface area contributed by atoms with Crippen LogP contribution in [0.1, 0.15) is 59.5 Å². The van der Waals surface area contributed by atoms with E-state index in [9.17, 15) is 9.59 Å². The third kappa shape index (κ3) is 5.51. The number of nitrogens with one attached hydrogen (secondary N) is 1. The minimum Gasteiger partial charge on any atom is -0.350 e. The Hall–Kier alpha value is -3.43. The van der Waals surface area contributed by atoms with Gasteiger partial charge in [-0.05, 0) is 65.1 Å². The minimum atomic E-state index is -0.288. The van der Waals surface area contributed by atoms with Crippen LogP contribution in [0.4, 0.5) is 5.82 Å². The van der Waals surface area contributed by atoms with Crippen LogP contribution in [0.15, 0.2) is 59.6 Å². The molecule has 3 aromatic heterocycles. The van der Waals surface area contributed by atoms with Gasteiger partial charge < -0.3 is 5.32 Å². The van der Waals surface area contributed by atoms with E-state index in [1.807, 2.05) is 28.9 Å². The van der Waals surface area contributed by atoms with Crippen LogP contribution in [-0.2, 0) is 21.5 Å². The quantitative estimate of drug-likeness (QED) is 0.326. The number of benzene rings is 1. The lowest BCUT2D eigenvalue weighted by Gasteiger charge is -2.24. The number of carbonyl (C=O) groups excluding carboxylic acids is 2. The Bertz CT molecular complexity index is 1490. The SMILES string of the molecule is Cc1cccc(-n2nc(C(C)(C)C)c3c2N(CC(=O)NCc2cccnc2)C(=O)CS[C@@H]3c2ccsc2)c1C. The highest BCUT2D eigenvalue weighted by atomic mass is 32.2. The number of carbonyl (C=O) groups is 2. The molecule has 0 saturated carbocycles. The van der Waals surface area contributed by atoms with E-state index in [1.165, 1.54) is 0 Å². The molecule has 0 radical (unpaired) electrons. The van der Waals surface area contributed by atoms with Crippen LogP contribution < -0.4 is 10.2 Å². The van der Waals surface area contributed by atoms with Crippen molar-refractivity contribution < 1.29 is 9.59 Å². The van der Waals surface area contributed by atoms with Crippen molar-refractivity contribution in [3.63, 3.8) is 0 Å². The first-order valence-electron chi connectivity index (χ1n) is 12.9. The number of hydrogen-bond acceptors (Lipinski definition) is 6. The first-order chi connectivity index (χ1) is 18.6. The number of nitrogens with zero attached hydrogens (tertiary/aromatic N) is 4. The predicted octanol–water partition coefficient (Wildman–Crippen LogP) is 5.73. The molecule has 202 valence electrons. The highest BCUT2D eigenvalue weighted by Crippen LogP contribution is 2.49. The Morgan fingerprint density at radius 1 is 1.15 bits per heavy atom. The van der Waals surface area contributed by atoms with Crippen molar-refractivity contribution in [1.29, 1.82) is 0 Å². The molecule has 4 heterocycles. The molecule has 1 aliphatic rings. The van der Waals surface area contributed by atoms with Crippen molar-refractivity contribution in [2.24, 2.45) is 0 Å². The normalized spacial score (nSPS) is 15.7. The van der Waals surface area contributed by atoms with Crippen LogP contribution in [0.3, 0.4) is 0 Å². The summed E-state index contributed by atoms with van der Waals surface area (Å²) < 4.78 is 1.90. The summed E-state index contributed by atoms with van der Waals surface area (Å²) in [7, 11) is 0.